The van der Waals surface area contributed by atoms with Crippen LogP contribution in [0, 0.1) is 0 Å². The van der Waals surface area contributed by atoms with Crippen molar-refractivity contribution < 1.29 is 0 Å². The molecule has 1 unspecified atom stereocenters. The number of nitrogens with zero attached hydrogens (tertiary/aromatic N) is 2. The molecule has 0 aliphatic carbocycles. The molecule has 84 valence electrons. The van der Waals surface area contributed by atoms with Crippen LogP contribution >= 0.6 is 0 Å². The minimum absolute atomic E-state index is 0.380. The molecule has 0 aliphatic rings. The Bertz CT molecular complexity index is 269. The Morgan fingerprint density at radius 1 is 1.20 bits per heavy atom. The molecule has 0 bridgehead atoms. The first-order chi connectivity index (χ1) is 7.17. The second kappa shape index (κ2) is 5.81. The molecule has 0 spiro atoms. The van der Waals surface area contributed by atoms with Crippen LogP contribution in [0.15, 0.2) is 18.5 Å². The maximum atomic E-state index is 6.20. The van der Waals surface area contributed by atoms with E-state index >= 15 is 0 Å². The monoisotopic (exact) mass is 207 g/mol. The van der Waals surface area contributed by atoms with Crippen LogP contribution in [0.2, 0.25) is 0 Å². The molecule has 2 N–H and O–H groups in total. The summed E-state index contributed by atoms with van der Waals surface area (Å²) >= 11 is 0. The van der Waals surface area contributed by atoms with Gasteiger partial charge < -0.3 is 5.73 Å². The summed E-state index contributed by atoms with van der Waals surface area (Å²) in [5.41, 5.74) is 5.82. The minimum Gasteiger partial charge on any atom is -0.319 e. The van der Waals surface area contributed by atoms with Crippen molar-refractivity contribution in [1.82, 2.24) is 9.97 Å². The third kappa shape index (κ3) is 3.96. The van der Waals surface area contributed by atoms with E-state index in [1.807, 2.05) is 13.0 Å². The molecule has 0 aliphatic heterocycles. The van der Waals surface area contributed by atoms with Crippen molar-refractivity contribution in [2.24, 2.45) is 5.73 Å². The summed E-state index contributed by atoms with van der Waals surface area (Å²) in [5, 5.41) is 0. The fraction of sp³-hybridized carbons (Fsp3) is 0.667. The van der Waals surface area contributed by atoms with Crippen LogP contribution in [0.3, 0.4) is 0 Å². The second-order valence-corrected chi connectivity index (χ2v) is 4.30. The molecule has 1 atom stereocenters. The highest BCUT2D eigenvalue weighted by Crippen LogP contribution is 2.20. The zero-order valence-electron chi connectivity index (χ0n) is 9.74. The average Bonchev–Trinajstić information content (AvgIpc) is 2.26. The Balaban J connectivity index is 2.45. The average molecular weight is 207 g/mol. The molecule has 1 heterocycles. The maximum absolute atomic E-state index is 6.20. The van der Waals surface area contributed by atoms with Crippen molar-refractivity contribution in [3.63, 3.8) is 0 Å². The van der Waals surface area contributed by atoms with E-state index in [9.17, 15) is 0 Å². The Morgan fingerprint density at radius 3 is 2.47 bits per heavy atom. The standard InChI is InChI=1S/C12H21N3/c1-3-4-5-6-8-12(2,13)11-14-9-7-10-15-11/h7,9-10H,3-6,8,13H2,1-2H3. The third-order valence-electron chi connectivity index (χ3n) is 2.63. The summed E-state index contributed by atoms with van der Waals surface area (Å²) in [6.07, 6.45) is 9.39. The Kier molecular flexibility index (Phi) is 4.69. The van der Waals surface area contributed by atoms with Crippen molar-refractivity contribution in [3.05, 3.63) is 24.3 Å². The van der Waals surface area contributed by atoms with Gasteiger partial charge in [0.05, 0.1) is 5.54 Å². The van der Waals surface area contributed by atoms with Crippen LogP contribution in [0.25, 0.3) is 0 Å². The summed E-state index contributed by atoms with van der Waals surface area (Å²) < 4.78 is 0. The fourth-order valence-electron chi connectivity index (χ4n) is 1.62. The first-order valence-electron chi connectivity index (χ1n) is 5.73. The molecule has 0 radical (unpaired) electrons. The third-order valence-corrected chi connectivity index (χ3v) is 2.63. The maximum Gasteiger partial charge on any atom is 0.147 e. The molecule has 1 aromatic rings. The van der Waals surface area contributed by atoms with Gasteiger partial charge in [-0.05, 0) is 19.4 Å². The van der Waals surface area contributed by atoms with E-state index in [4.69, 9.17) is 5.73 Å². The van der Waals surface area contributed by atoms with Gasteiger partial charge in [-0.25, -0.2) is 9.97 Å². The van der Waals surface area contributed by atoms with Crippen molar-refractivity contribution in [1.29, 1.82) is 0 Å². The van der Waals surface area contributed by atoms with E-state index in [1.165, 1.54) is 19.3 Å². The van der Waals surface area contributed by atoms with Crippen molar-refractivity contribution >= 4 is 0 Å². The van der Waals surface area contributed by atoms with E-state index in [2.05, 4.69) is 16.9 Å². The van der Waals surface area contributed by atoms with Gasteiger partial charge >= 0.3 is 0 Å². The van der Waals surface area contributed by atoms with Crippen LogP contribution in [0.5, 0.6) is 0 Å². The van der Waals surface area contributed by atoms with Gasteiger partial charge in [-0.1, -0.05) is 32.6 Å². The lowest BCUT2D eigenvalue weighted by molar-refractivity contribution is 0.401. The first-order valence-corrected chi connectivity index (χ1v) is 5.73. The smallest absolute Gasteiger partial charge is 0.147 e. The van der Waals surface area contributed by atoms with E-state index in [-0.39, 0.29) is 5.54 Å². The minimum atomic E-state index is -0.380. The molecular weight excluding hydrogens is 186 g/mol. The highest BCUT2D eigenvalue weighted by atomic mass is 14.9. The zero-order valence-corrected chi connectivity index (χ0v) is 9.74. The largest absolute Gasteiger partial charge is 0.319 e. The van der Waals surface area contributed by atoms with Gasteiger partial charge in [0.25, 0.3) is 0 Å². The number of hydrogen-bond acceptors (Lipinski definition) is 3. The summed E-state index contributed by atoms with van der Waals surface area (Å²) in [4.78, 5) is 8.43. The number of rotatable bonds is 6. The van der Waals surface area contributed by atoms with Gasteiger partial charge in [0.15, 0.2) is 0 Å². The number of hydrogen-bond donors (Lipinski definition) is 1. The van der Waals surface area contributed by atoms with Crippen LogP contribution in [-0.4, -0.2) is 9.97 Å². The van der Waals surface area contributed by atoms with Gasteiger partial charge in [0.1, 0.15) is 5.82 Å². The summed E-state index contributed by atoms with van der Waals surface area (Å²) in [5.74, 6) is 0.751. The Morgan fingerprint density at radius 2 is 1.87 bits per heavy atom. The predicted molar refractivity (Wildman–Crippen MR) is 62.3 cm³/mol. The number of nitrogens with two attached hydrogens (primary N) is 1. The van der Waals surface area contributed by atoms with E-state index in [0.717, 1.165) is 18.7 Å². The molecule has 15 heavy (non-hydrogen) atoms. The summed E-state index contributed by atoms with van der Waals surface area (Å²) in [6, 6.07) is 1.82. The van der Waals surface area contributed by atoms with E-state index in [0.29, 0.717) is 0 Å². The molecule has 1 rings (SSSR count). The number of unbranched alkanes of at least 4 members (excludes halogenated alkanes) is 3. The zero-order chi connectivity index (χ0) is 11.1. The lowest BCUT2D eigenvalue weighted by Crippen LogP contribution is -2.34. The highest BCUT2D eigenvalue weighted by Gasteiger charge is 2.23. The molecule has 0 aromatic carbocycles. The lowest BCUT2D eigenvalue weighted by atomic mass is 9.94. The van der Waals surface area contributed by atoms with Gasteiger partial charge in [-0.2, -0.15) is 0 Å². The predicted octanol–water partition coefficient (Wildman–Crippen LogP) is 2.62. The quantitative estimate of drug-likeness (QED) is 0.729. The van der Waals surface area contributed by atoms with Crippen molar-refractivity contribution in [2.75, 3.05) is 0 Å². The van der Waals surface area contributed by atoms with Gasteiger partial charge in [0.2, 0.25) is 0 Å². The Hall–Kier alpha value is -0.960. The molecule has 0 saturated carbocycles. The molecule has 3 nitrogen and oxygen atoms in total. The van der Waals surface area contributed by atoms with Gasteiger partial charge in [-0.3, -0.25) is 0 Å². The Labute approximate surface area is 92.1 Å². The molecular formula is C12H21N3. The highest BCUT2D eigenvalue weighted by molar-refractivity contribution is 5.02. The summed E-state index contributed by atoms with van der Waals surface area (Å²) in [7, 11) is 0. The van der Waals surface area contributed by atoms with Crippen molar-refractivity contribution in [3.8, 4) is 0 Å². The van der Waals surface area contributed by atoms with Gasteiger partial charge in [-0.15, -0.1) is 0 Å². The van der Waals surface area contributed by atoms with Crippen molar-refractivity contribution in [2.45, 2.75) is 51.5 Å². The normalized spacial score (nSPS) is 14.9. The molecule has 0 amide bonds. The lowest BCUT2D eigenvalue weighted by Gasteiger charge is -2.22. The molecule has 3 heteroatoms. The summed E-state index contributed by atoms with van der Waals surface area (Å²) in [6.45, 7) is 4.22. The second-order valence-electron chi connectivity index (χ2n) is 4.30. The molecule has 0 fully saturated rings. The van der Waals surface area contributed by atoms with Crippen LogP contribution in [-0.2, 0) is 5.54 Å². The first kappa shape index (κ1) is 12.1. The van der Waals surface area contributed by atoms with Gasteiger partial charge in [0, 0.05) is 12.4 Å². The molecule has 1 aromatic heterocycles. The SMILES string of the molecule is CCCCCCC(C)(N)c1ncccn1. The van der Waals surface area contributed by atoms with E-state index < -0.39 is 0 Å². The van der Waals surface area contributed by atoms with Crippen LogP contribution in [0.1, 0.15) is 51.8 Å². The number of aromatic nitrogens is 2. The fourth-order valence-corrected chi connectivity index (χ4v) is 1.62. The van der Waals surface area contributed by atoms with Crippen LogP contribution in [0.4, 0.5) is 0 Å². The van der Waals surface area contributed by atoms with Crippen LogP contribution < -0.4 is 5.73 Å². The van der Waals surface area contributed by atoms with E-state index in [1.54, 1.807) is 12.4 Å². The topological polar surface area (TPSA) is 51.8 Å². The molecule has 0 saturated heterocycles.